The Kier molecular flexibility index (Phi) is 3.72. The Balaban J connectivity index is 1.74. The molecule has 5 nitrogen and oxygen atoms in total. The maximum absolute atomic E-state index is 12.5. The van der Waals surface area contributed by atoms with E-state index in [1.807, 2.05) is 17.0 Å². The van der Waals surface area contributed by atoms with Gasteiger partial charge in [0, 0.05) is 31.9 Å². The van der Waals surface area contributed by atoms with Crippen LogP contribution in [0.2, 0.25) is 0 Å². The minimum atomic E-state index is 0.00676. The minimum absolute atomic E-state index is 0.00676. The number of carbonyl (C=O) groups is 1. The van der Waals surface area contributed by atoms with Crippen LogP contribution in [0.3, 0.4) is 0 Å². The van der Waals surface area contributed by atoms with Crippen LogP contribution in [-0.2, 0) is 4.74 Å². The second-order valence-electron chi connectivity index (χ2n) is 5.73. The molecule has 20 heavy (non-hydrogen) atoms. The molecular weight excluding hydrogens is 254 g/mol. The summed E-state index contributed by atoms with van der Waals surface area (Å²) in [6.07, 6.45) is 1.80. The maximum Gasteiger partial charge on any atom is 0.272 e. The fraction of sp³-hybridized carbons (Fsp3) is 0.600. The third-order valence-corrected chi connectivity index (χ3v) is 4.18. The molecule has 1 aromatic rings. The molecule has 0 unspecified atom stereocenters. The maximum atomic E-state index is 12.5. The molecule has 0 aliphatic carbocycles. The zero-order chi connectivity index (χ0) is 14.1. The molecule has 108 valence electrons. The Morgan fingerprint density at radius 3 is 2.95 bits per heavy atom. The quantitative estimate of drug-likeness (QED) is 0.808. The van der Waals surface area contributed by atoms with E-state index in [4.69, 9.17) is 4.74 Å². The van der Waals surface area contributed by atoms with Crippen LogP contribution in [0.4, 0.5) is 0 Å². The predicted octanol–water partition coefficient (Wildman–Crippen LogP) is 1.02. The van der Waals surface area contributed by atoms with Crippen LogP contribution in [-0.4, -0.2) is 65.1 Å². The number of carbonyl (C=O) groups excluding carboxylic acids is 1. The predicted molar refractivity (Wildman–Crippen MR) is 75.5 cm³/mol. The summed E-state index contributed by atoms with van der Waals surface area (Å²) in [6.45, 7) is 7.51. The second-order valence-corrected chi connectivity index (χ2v) is 5.73. The fourth-order valence-corrected chi connectivity index (χ4v) is 3.17. The first-order chi connectivity index (χ1) is 9.66. The summed E-state index contributed by atoms with van der Waals surface area (Å²) in [6, 6.07) is 6.24. The van der Waals surface area contributed by atoms with E-state index in [1.165, 1.54) is 0 Å². The van der Waals surface area contributed by atoms with E-state index >= 15 is 0 Å². The molecule has 0 saturated carbocycles. The molecule has 0 radical (unpaired) electrons. The SMILES string of the molecule is CC(C)N1CCO[C@@H]2CN(C(=O)c3ccccn3)C[C@@H]21. The molecule has 5 heteroatoms. The van der Waals surface area contributed by atoms with E-state index in [0.29, 0.717) is 24.3 Å². The number of pyridine rings is 1. The highest BCUT2D eigenvalue weighted by Crippen LogP contribution is 2.25. The molecule has 3 rings (SSSR count). The highest BCUT2D eigenvalue weighted by Gasteiger charge is 2.42. The first kappa shape index (κ1) is 13.5. The van der Waals surface area contributed by atoms with Crippen molar-refractivity contribution in [3.63, 3.8) is 0 Å². The smallest absolute Gasteiger partial charge is 0.272 e. The van der Waals surface area contributed by atoms with Crippen molar-refractivity contribution in [1.82, 2.24) is 14.8 Å². The van der Waals surface area contributed by atoms with Crippen molar-refractivity contribution in [2.45, 2.75) is 32.0 Å². The topological polar surface area (TPSA) is 45.7 Å². The molecule has 0 N–H and O–H groups in total. The second kappa shape index (κ2) is 5.50. The van der Waals surface area contributed by atoms with Gasteiger partial charge >= 0.3 is 0 Å². The van der Waals surface area contributed by atoms with E-state index in [0.717, 1.165) is 19.7 Å². The van der Waals surface area contributed by atoms with E-state index in [1.54, 1.807) is 12.3 Å². The normalized spacial score (nSPS) is 26.9. The van der Waals surface area contributed by atoms with Crippen LogP contribution in [0.1, 0.15) is 24.3 Å². The Labute approximate surface area is 119 Å². The monoisotopic (exact) mass is 275 g/mol. The summed E-state index contributed by atoms with van der Waals surface area (Å²) in [7, 11) is 0. The van der Waals surface area contributed by atoms with E-state index < -0.39 is 0 Å². The highest BCUT2D eigenvalue weighted by molar-refractivity contribution is 5.92. The molecule has 1 aromatic heterocycles. The van der Waals surface area contributed by atoms with Crippen molar-refractivity contribution in [2.75, 3.05) is 26.2 Å². The van der Waals surface area contributed by atoms with Gasteiger partial charge in [-0.25, -0.2) is 0 Å². The van der Waals surface area contributed by atoms with Crippen molar-refractivity contribution in [3.8, 4) is 0 Å². The molecule has 2 atom stereocenters. The number of likely N-dealkylation sites (tertiary alicyclic amines) is 1. The van der Waals surface area contributed by atoms with Crippen molar-refractivity contribution in [2.24, 2.45) is 0 Å². The van der Waals surface area contributed by atoms with Gasteiger partial charge in [0.15, 0.2) is 0 Å². The number of aromatic nitrogens is 1. The van der Waals surface area contributed by atoms with Gasteiger partial charge in [0.1, 0.15) is 5.69 Å². The Morgan fingerprint density at radius 1 is 1.40 bits per heavy atom. The lowest BCUT2D eigenvalue weighted by Crippen LogP contribution is -2.53. The summed E-state index contributed by atoms with van der Waals surface area (Å²) in [5, 5.41) is 0. The van der Waals surface area contributed by atoms with Gasteiger partial charge in [-0.3, -0.25) is 14.7 Å². The zero-order valence-corrected chi connectivity index (χ0v) is 12.0. The molecule has 1 amide bonds. The molecule has 2 saturated heterocycles. The van der Waals surface area contributed by atoms with Crippen molar-refractivity contribution in [3.05, 3.63) is 30.1 Å². The number of rotatable bonds is 2. The summed E-state index contributed by atoms with van der Waals surface area (Å²) < 4.78 is 5.84. The standard InChI is InChI=1S/C15H21N3O2/c1-11(2)18-7-8-20-14-10-17(9-13(14)18)15(19)12-5-3-4-6-16-12/h3-6,11,13-14H,7-10H2,1-2H3/t13-,14+/m0/s1. The van der Waals surface area contributed by atoms with Gasteiger partial charge in [0.05, 0.1) is 18.8 Å². The molecule has 0 spiro atoms. The van der Waals surface area contributed by atoms with Crippen LogP contribution >= 0.6 is 0 Å². The van der Waals surface area contributed by atoms with Crippen LogP contribution in [0.15, 0.2) is 24.4 Å². The largest absolute Gasteiger partial charge is 0.373 e. The lowest BCUT2D eigenvalue weighted by atomic mass is 10.1. The van der Waals surface area contributed by atoms with Crippen molar-refractivity contribution < 1.29 is 9.53 Å². The van der Waals surface area contributed by atoms with E-state index in [2.05, 4.69) is 23.7 Å². The van der Waals surface area contributed by atoms with E-state index in [9.17, 15) is 4.79 Å². The van der Waals surface area contributed by atoms with Gasteiger partial charge < -0.3 is 9.64 Å². The average Bonchev–Trinajstić information content (AvgIpc) is 2.90. The number of fused-ring (bicyclic) bond motifs is 1. The van der Waals surface area contributed by atoms with E-state index in [-0.39, 0.29) is 12.0 Å². The van der Waals surface area contributed by atoms with Crippen LogP contribution in [0.25, 0.3) is 0 Å². The first-order valence-corrected chi connectivity index (χ1v) is 7.24. The summed E-state index contributed by atoms with van der Waals surface area (Å²) in [5.74, 6) is 0.00676. The third kappa shape index (κ3) is 2.43. The Morgan fingerprint density at radius 2 is 2.25 bits per heavy atom. The highest BCUT2D eigenvalue weighted by atomic mass is 16.5. The number of amides is 1. The summed E-state index contributed by atoms with van der Waals surface area (Å²) in [5.41, 5.74) is 0.516. The van der Waals surface area contributed by atoms with Gasteiger partial charge in [-0.05, 0) is 26.0 Å². The summed E-state index contributed by atoms with van der Waals surface area (Å²) >= 11 is 0. The number of nitrogens with zero attached hydrogens (tertiary/aromatic N) is 3. The fourth-order valence-electron chi connectivity index (χ4n) is 3.17. The molecule has 3 heterocycles. The van der Waals surface area contributed by atoms with Crippen LogP contribution in [0.5, 0.6) is 0 Å². The van der Waals surface area contributed by atoms with Crippen LogP contribution < -0.4 is 0 Å². The molecule has 2 fully saturated rings. The summed E-state index contributed by atoms with van der Waals surface area (Å²) in [4.78, 5) is 20.9. The lowest BCUT2D eigenvalue weighted by Gasteiger charge is -2.39. The average molecular weight is 275 g/mol. The zero-order valence-electron chi connectivity index (χ0n) is 12.0. The van der Waals surface area contributed by atoms with Gasteiger partial charge in [-0.2, -0.15) is 0 Å². The molecule has 2 aliphatic heterocycles. The molecule has 0 bridgehead atoms. The number of ether oxygens (including phenoxy) is 1. The minimum Gasteiger partial charge on any atom is -0.373 e. The van der Waals surface area contributed by atoms with Crippen LogP contribution in [0, 0.1) is 0 Å². The molecular formula is C15H21N3O2. The number of hydrogen-bond acceptors (Lipinski definition) is 4. The molecule has 0 aromatic carbocycles. The number of morpholine rings is 1. The lowest BCUT2D eigenvalue weighted by molar-refractivity contribution is -0.0582. The third-order valence-electron chi connectivity index (χ3n) is 4.18. The van der Waals surface area contributed by atoms with Gasteiger partial charge in [-0.15, -0.1) is 0 Å². The van der Waals surface area contributed by atoms with Gasteiger partial charge in [0.2, 0.25) is 0 Å². The van der Waals surface area contributed by atoms with Gasteiger partial charge in [-0.1, -0.05) is 6.07 Å². The Hall–Kier alpha value is -1.46. The molecule has 2 aliphatic rings. The first-order valence-electron chi connectivity index (χ1n) is 7.24. The van der Waals surface area contributed by atoms with Gasteiger partial charge in [0.25, 0.3) is 5.91 Å². The number of hydrogen-bond donors (Lipinski definition) is 0. The Bertz CT molecular complexity index is 477. The van der Waals surface area contributed by atoms with Crippen molar-refractivity contribution >= 4 is 5.91 Å². The van der Waals surface area contributed by atoms with Crippen molar-refractivity contribution in [1.29, 1.82) is 0 Å².